The normalized spacial score (nSPS) is 34.9. The van der Waals surface area contributed by atoms with Gasteiger partial charge in [0, 0.05) is 6.20 Å². The number of pyridine rings is 1. The molecule has 0 saturated carbocycles. The Hall–Kier alpha value is -0.720. The van der Waals surface area contributed by atoms with Crippen LogP contribution in [0.5, 0.6) is 0 Å². The van der Waals surface area contributed by atoms with Crippen LogP contribution in [0.25, 0.3) is 0 Å². The van der Waals surface area contributed by atoms with Crippen LogP contribution >= 0.6 is 11.6 Å². The van der Waals surface area contributed by atoms with E-state index in [1.807, 2.05) is 0 Å². The second kappa shape index (κ2) is 4.51. The lowest BCUT2D eigenvalue weighted by molar-refractivity contribution is -0.0725. The highest BCUT2D eigenvalue weighted by Gasteiger charge is 2.52. The molecule has 0 aromatic carbocycles. The van der Waals surface area contributed by atoms with Crippen molar-refractivity contribution in [3.05, 3.63) is 35.7 Å². The highest BCUT2D eigenvalue weighted by atomic mass is 35.5. The summed E-state index contributed by atoms with van der Waals surface area (Å²) < 4.78 is 5.08. The van der Waals surface area contributed by atoms with Gasteiger partial charge in [0.15, 0.2) is 5.60 Å². The van der Waals surface area contributed by atoms with Gasteiger partial charge >= 0.3 is 0 Å². The van der Waals surface area contributed by atoms with Gasteiger partial charge in [0.05, 0.1) is 16.8 Å². The molecule has 2 rings (SSSR count). The fourth-order valence-corrected chi connectivity index (χ4v) is 1.89. The van der Waals surface area contributed by atoms with Crippen molar-refractivity contribution in [3.8, 4) is 0 Å². The van der Waals surface area contributed by atoms with Gasteiger partial charge in [-0.3, -0.25) is 4.98 Å². The van der Waals surface area contributed by atoms with Crippen molar-refractivity contribution >= 4 is 11.6 Å². The molecule has 1 aliphatic heterocycles. The lowest BCUT2D eigenvalue weighted by Crippen LogP contribution is -2.44. The lowest BCUT2D eigenvalue weighted by atomic mass is 9.91. The van der Waals surface area contributed by atoms with Gasteiger partial charge in [0.2, 0.25) is 0 Å². The van der Waals surface area contributed by atoms with Crippen LogP contribution in [-0.4, -0.2) is 38.6 Å². The van der Waals surface area contributed by atoms with E-state index in [2.05, 4.69) is 4.98 Å². The Kier molecular flexibility index (Phi) is 3.38. The predicted octanol–water partition coefficient (Wildman–Crippen LogP) is 0.225. The zero-order valence-corrected chi connectivity index (χ0v) is 9.87. The summed E-state index contributed by atoms with van der Waals surface area (Å²) in [7, 11) is 0. The molecule has 93 valence electrons. The molecule has 1 fully saturated rings. The summed E-state index contributed by atoms with van der Waals surface area (Å²) >= 11 is 5.69. The smallest absolute Gasteiger partial charge is 0.163 e. The highest BCUT2D eigenvalue weighted by Crippen LogP contribution is 2.37. The second-order valence-corrected chi connectivity index (χ2v) is 4.53. The lowest BCUT2D eigenvalue weighted by Gasteiger charge is -2.26. The Bertz CT molecular complexity index is 397. The quantitative estimate of drug-likeness (QED) is 0.707. The van der Waals surface area contributed by atoms with Gasteiger partial charge in [-0.2, -0.15) is 0 Å². The Labute approximate surface area is 104 Å². The first-order valence-corrected chi connectivity index (χ1v) is 5.53. The molecule has 0 amide bonds. The van der Waals surface area contributed by atoms with Crippen LogP contribution in [0.15, 0.2) is 18.3 Å². The van der Waals surface area contributed by atoms with Gasteiger partial charge in [-0.05, 0) is 19.1 Å². The molecule has 1 aromatic heterocycles. The molecular weight excluding hydrogens is 246 g/mol. The fourth-order valence-electron chi connectivity index (χ4n) is 1.78. The number of rotatable bonds is 2. The molecule has 0 spiro atoms. The van der Waals surface area contributed by atoms with E-state index in [9.17, 15) is 15.3 Å². The summed E-state index contributed by atoms with van der Waals surface area (Å²) in [6.45, 7) is 2.56. The van der Waals surface area contributed by atoms with Crippen molar-refractivity contribution in [3.63, 3.8) is 0 Å². The summed E-state index contributed by atoms with van der Waals surface area (Å²) in [4.78, 5) is 3.94. The van der Waals surface area contributed by atoms with Crippen molar-refractivity contribution in [1.29, 1.82) is 0 Å². The number of aliphatic hydroxyl groups is 3. The molecule has 2 heterocycles. The minimum Gasteiger partial charge on any atom is -0.391 e. The largest absolute Gasteiger partial charge is 0.391 e. The van der Waals surface area contributed by atoms with Crippen molar-refractivity contribution in [1.82, 2.24) is 4.98 Å². The number of ether oxygens (including phenoxy) is 1. The number of nitrogens with zero attached hydrogens (tertiary/aromatic N) is 1. The number of hydrogen-bond donors (Lipinski definition) is 3. The highest BCUT2D eigenvalue weighted by molar-refractivity contribution is 6.30. The van der Waals surface area contributed by atoms with E-state index in [-0.39, 0.29) is 5.69 Å². The zero-order chi connectivity index (χ0) is 12.6. The van der Waals surface area contributed by atoms with Crippen LogP contribution in [0.1, 0.15) is 12.6 Å². The Morgan fingerprint density at radius 1 is 1.53 bits per heavy atom. The van der Waals surface area contributed by atoms with Gasteiger partial charge in [0.25, 0.3) is 0 Å². The maximum Gasteiger partial charge on any atom is 0.163 e. The molecule has 3 N–H and O–H groups in total. The molecular formula is C11H13ClNO4. The maximum absolute atomic E-state index is 10.3. The Morgan fingerprint density at radius 2 is 2.24 bits per heavy atom. The molecule has 1 aliphatic rings. The Balaban J connectivity index is 2.28. The number of aromatic nitrogens is 1. The minimum absolute atomic E-state index is 0.220. The van der Waals surface area contributed by atoms with Crippen molar-refractivity contribution in [2.24, 2.45) is 0 Å². The van der Waals surface area contributed by atoms with Crippen LogP contribution in [0, 0.1) is 6.61 Å². The van der Waals surface area contributed by atoms with E-state index in [1.54, 1.807) is 6.07 Å². The summed E-state index contributed by atoms with van der Waals surface area (Å²) in [5, 5.41) is 30.1. The average Bonchev–Trinajstić information content (AvgIpc) is 2.58. The molecule has 1 saturated heterocycles. The first-order valence-electron chi connectivity index (χ1n) is 5.15. The number of hydrogen-bond acceptors (Lipinski definition) is 5. The second-order valence-electron chi connectivity index (χ2n) is 4.09. The number of aliphatic hydroxyl groups excluding tert-OH is 2. The molecule has 1 radical (unpaired) electrons. The van der Waals surface area contributed by atoms with Crippen molar-refractivity contribution < 1.29 is 20.1 Å². The van der Waals surface area contributed by atoms with Crippen LogP contribution in [0.3, 0.4) is 0 Å². The SMILES string of the molecule is CC(O)[C@H]1O[CH][C@@](O)(c2ccc(Cl)cn2)[C@@H]1O. The molecule has 0 bridgehead atoms. The fraction of sp³-hybridized carbons (Fsp3) is 0.455. The molecule has 1 unspecified atom stereocenters. The summed E-state index contributed by atoms with van der Waals surface area (Å²) in [5.41, 5.74) is -1.51. The third-order valence-corrected chi connectivity index (χ3v) is 3.00. The minimum atomic E-state index is -1.73. The average molecular weight is 259 g/mol. The van der Waals surface area contributed by atoms with E-state index >= 15 is 0 Å². The van der Waals surface area contributed by atoms with Crippen molar-refractivity contribution in [2.45, 2.75) is 30.8 Å². The molecule has 1 aromatic rings. The van der Waals surface area contributed by atoms with E-state index in [0.29, 0.717) is 5.02 Å². The van der Waals surface area contributed by atoms with Crippen LogP contribution in [-0.2, 0) is 10.3 Å². The predicted molar refractivity (Wildman–Crippen MR) is 60.0 cm³/mol. The summed E-state index contributed by atoms with van der Waals surface area (Å²) in [6, 6.07) is 3.05. The van der Waals surface area contributed by atoms with Gasteiger partial charge < -0.3 is 20.1 Å². The number of halogens is 1. The molecule has 0 aliphatic carbocycles. The van der Waals surface area contributed by atoms with Crippen LogP contribution < -0.4 is 0 Å². The zero-order valence-electron chi connectivity index (χ0n) is 9.12. The summed E-state index contributed by atoms with van der Waals surface area (Å²) in [6.07, 6.45) is -1.69. The van der Waals surface area contributed by atoms with Crippen LogP contribution in [0.2, 0.25) is 5.02 Å². The molecule has 17 heavy (non-hydrogen) atoms. The topological polar surface area (TPSA) is 82.8 Å². The van der Waals surface area contributed by atoms with Crippen molar-refractivity contribution in [2.75, 3.05) is 0 Å². The maximum atomic E-state index is 10.3. The van der Waals surface area contributed by atoms with Gasteiger partial charge in [-0.1, -0.05) is 11.6 Å². The van der Waals surface area contributed by atoms with Gasteiger partial charge in [-0.15, -0.1) is 0 Å². The van der Waals surface area contributed by atoms with Gasteiger partial charge in [-0.25, -0.2) is 0 Å². The standard InChI is InChI=1S/C11H13ClNO4/c1-6(14)9-10(15)11(16,5-17-9)8-3-2-7(12)4-13-8/h2-6,9-10,14-16H,1H3/t6?,9-,10-,11-/m1/s1. The monoisotopic (exact) mass is 258 g/mol. The van der Waals surface area contributed by atoms with E-state index < -0.39 is 23.9 Å². The Morgan fingerprint density at radius 3 is 2.71 bits per heavy atom. The first-order chi connectivity index (χ1) is 7.95. The van der Waals surface area contributed by atoms with E-state index in [1.165, 1.54) is 19.2 Å². The van der Waals surface area contributed by atoms with E-state index in [4.69, 9.17) is 16.3 Å². The third-order valence-electron chi connectivity index (χ3n) is 2.78. The van der Waals surface area contributed by atoms with Gasteiger partial charge in [0.1, 0.15) is 18.8 Å². The molecule has 5 nitrogen and oxygen atoms in total. The third kappa shape index (κ3) is 2.17. The first kappa shape index (κ1) is 12.7. The molecule has 6 heteroatoms. The molecule has 4 atom stereocenters. The van der Waals surface area contributed by atoms with E-state index in [0.717, 1.165) is 6.61 Å². The summed E-state index contributed by atoms with van der Waals surface area (Å²) in [5.74, 6) is 0. The van der Waals surface area contributed by atoms with Crippen LogP contribution in [0.4, 0.5) is 0 Å².